The molecule has 0 heterocycles. The minimum absolute atomic E-state index is 0.0188. The summed E-state index contributed by atoms with van der Waals surface area (Å²) < 4.78 is 10.3. The first-order chi connectivity index (χ1) is 25.8. The Balaban J connectivity index is 0. The van der Waals surface area contributed by atoms with Gasteiger partial charge in [-0.1, -0.05) is 86.6 Å². The van der Waals surface area contributed by atoms with E-state index in [0.717, 1.165) is 12.7 Å². The quantitative estimate of drug-likeness (QED) is 0.0642. The molecule has 12 nitrogen and oxygen atoms in total. The topological polar surface area (TPSA) is 172 Å². The van der Waals surface area contributed by atoms with E-state index in [2.05, 4.69) is 56.3 Å². The predicted molar refractivity (Wildman–Crippen MR) is 221 cm³/mol. The molecule has 0 aliphatic carbocycles. The van der Waals surface area contributed by atoms with Crippen LogP contribution in [0.1, 0.15) is 107 Å². The largest absolute Gasteiger partial charge is 0.496 e. The molecule has 0 radical (unpaired) electrons. The van der Waals surface area contributed by atoms with E-state index < -0.39 is 19.0 Å². The van der Waals surface area contributed by atoms with E-state index in [4.69, 9.17) is 31.5 Å². The third kappa shape index (κ3) is 25.8. The maximum atomic E-state index is 12.0. The highest BCUT2D eigenvalue weighted by atomic mass is 35.5. The number of halogens is 1. The van der Waals surface area contributed by atoms with Gasteiger partial charge in [0.25, 0.3) is 0 Å². The number of Topliss-reactive ketones (excluding diaryl/α,β-unsaturated/α-hetero) is 4. The minimum Gasteiger partial charge on any atom is -0.496 e. The third-order valence-corrected chi connectivity index (χ3v) is 7.82. The Kier molecular flexibility index (Phi) is 28.6. The maximum Gasteiger partial charge on any atom is 0.188 e. The monoisotopic (exact) mass is 791 g/mol. The molecule has 0 fully saturated rings. The van der Waals surface area contributed by atoms with E-state index in [-0.39, 0.29) is 54.1 Å². The summed E-state index contributed by atoms with van der Waals surface area (Å²) in [6.07, 6.45) is 4.59. The van der Waals surface area contributed by atoms with Gasteiger partial charge in [0.1, 0.15) is 31.0 Å². The van der Waals surface area contributed by atoms with Crippen molar-refractivity contribution in [1.82, 2.24) is 9.74 Å². The van der Waals surface area contributed by atoms with Crippen molar-refractivity contribution in [1.29, 1.82) is 0 Å². The molecular formula is C42H66ClN3O9. The van der Waals surface area contributed by atoms with Crippen molar-refractivity contribution in [2.24, 2.45) is 15.8 Å². The molecule has 0 spiro atoms. The van der Waals surface area contributed by atoms with Crippen molar-refractivity contribution >= 4 is 47.4 Å². The molecule has 310 valence electrons. The molecule has 0 aliphatic rings. The fraction of sp³-hybridized carbons (Fsp3) is 0.571. The molecule has 55 heavy (non-hydrogen) atoms. The van der Waals surface area contributed by atoms with Crippen LogP contribution in [0.2, 0.25) is 0 Å². The van der Waals surface area contributed by atoms with Gasteiger partial charge in [0.15, 0.2) is 23.1 Å². The molecule has 0 aromatic heterocycles. The zero-order valence-corrected chi connectivity index (χ0v) is 35.7. The summed E-state index contributed by atoms with van der Waals surface area (Å²) in [7, 11) is 2.94. The number of hydrogen-bond donors (Lipinski definition) is 3. The van der Waals surface area contributed by atoms with Crippen molar-refractivity contribution in [3.8, 4) is 11.5 Å². The molecule has 0 unspecified atom stereocenters. The average Bonchev–Trinajstić information content (AvgIpc) is 3.13. The number of aliphatic hydroxyl groups is 2. The number of nitrogens with one attached hydrogen (secondary N) is 1. The van der Waals surface area contributed by atoms with Gasteiger partial charge >= 0.3 is 0 Å². The second-order valence-corrected chi connectivity index (χ2v) is 15.1. The fourth-order valence-electron chi connectivity index (χ4n) is 4.35. The second-order valence-electron chi connectivity index (χ2n) is 14.8. The van der Waals surface area contributed by atoms with Gasteiger partial charge in [-0.05, 0) is 67.0 Å². The average molecular weight is 792 g/mol. The summed E-state index contributed by atoms with van der Waals surface area (Å²) in [4.78, 5) is 64.9. The van der Waals surface area contributed by atoms with Crippen LogP contribution in [0, 0.1) is 10.8 Å². The number of methoxy groups -OCH3 is 2. The van der Waals surface area contributed by atoms with Crippen LogP contribution in [0.5, 0.6) is 11.5 Å². The van der Waals surface area contributed by atoms with Gasteiger partial charge in [-0.2, -0.15) is 0 Å². The smallest absolute Gasteiger partial charge is 0.188 e. The number of carbonyl (C=O) groups excluding carboxylic acids is 5. The molecular weight excluding hydrogens is 726 g/mol. The van der Waals surface area contributed by atoms with E-state index in [1.54, 1.807) is 36.5 Å². The highest BCUT2D eigenvalue weighted by molar-refractivity contribution is 6.14. The van der Waals surface area contributed by atoms with E-state index in [1.807, 2.05) is 20.8 Å². The molecule has 0 atom stereocenters. The van der Waals surface area contributed by atoms with Crippen molar-refractivity contribution in [3.05, 3.63) is 58.7 Å². The standard InChI is InChI=1S/C18H25NO4.C12H14ClNO4.C6H15N.C6H12O/c1-18(2,3)7-8-19-11-15(21)9-14-6-5-13(16(22)12-20)10-17(14)23-4;1-18-12-5-8(11(17)7-15)2-3-9(12)4-10(16)6-14-13;1-4-7(5-2)6-3;1-6(2,3)4-5-7/h5-6,8,10,20H,7,9,11-12H2,1-4H3;2-3,5,14-15H,4,6-7H2,1H3;4-6H2,1-3H3;5H,4H2,1-3H3. The zero-order valence-electron chi connectivity index (χ0n) is 34.9. The Hall–Kier alpha value is -3.81. The number of aliphatic imine (C=N–C) groups is 1. The van der Waals surface area contributed by atoms with Gasteiger partial charge in [0, 0.05) is 41.5 Å². The Morgan fingerprint density at radius 1 is 0.745 bits per heavy atom. The molecule has 0 bridgehead atoms. The van der Waals surface area contributed by atoms with Crippen molar-refractivity contribution in [2.45, 2.75) is 88.0 Å². The van der Waals surface area contributed by atoms with Gasteiger partial charge in [-0.25, -0.2) is 4.84 Å². The number of aldehydes is 1. The van der Waals surface area contributed by atoms with Crippen molar-refractivity contribution < 1.29 is 43.7 Å². The van der Waals surface area contributed by atoms with Crippen LogP contribution < -0.4 is 14.3 Å². The van der Waals surface area contributed by atoms with Gasteiger partial charge in [-0.3, -0.25) is 24.2 Å². The number of aliphatic hydroxyl groups excluding tert-OH is 2. The zero-order chi connectivity index (χ0) is 42.6. The second kappa shape index (κ2) is 29.5. The van der Waals surface area contributed by atoms with Crippen LogP contribution in [0.25, 0.3) is 0 Å². The van der Waals surface area contributed by atoms with E-state index in [1.165, 1.54) is 39.9 Å². The summed E-state index contributed by atoms with van der Waals surface area (Å²) >= 11 is 5.25. The van der Waals surface area contributed by atoms with Crippen LogP contribution in [0.3, 0.4) is 0 Å². The lowest BCUT2D eigenvalue weighted by Crippen LogP contribution is -2.21. The summed E-state index contributed by atoms with van der Waals surface area (Å²) in [6, 6.07) is 9.51. The summed E-state index contributed by atoms with van der Waals surface area (Å²) in [5.41, 5.74) is 2.43. The normalized spacial score (nSPS) is 11.0. The molecule has 2 aromatic carbocycles. The van der Waals surface area contributed by atoms with E-state index in [9.17, 15) is 24.0 Å². The predicted octanol–water partition coefficient (Wildman–Crippen LogP) is 6.18. The molecule has 0 saturated heterocycles. The molecule has 3 N–H and O–H groups in total. The molecule has 13 heteroatoms. The highest BCUT2D eigenvalue weighted by Gasteiger charge is 2.14. The minimum atomic E-state index is -0.558. The first-order valence-electron chi connectivity index (χ1n) is 18.4. The Morgan fingerprint density at radius 2 is 1.16 bits per heavy atom. The van der Waals surface area contributed by atoms with E-state index >= 15 is 0 Å². The summed E-state index contributed by atoms with van der Waals surface area (Å²) in [5.74, 6) is 0.0225. The first kappa shape index (κ1) is 53.3. The van der Waals surface area contributed by atoms with Crippen LogP contribution in [-0.4, -0.2) is 111 Å². The van der Waals surface area contributed by atoms with Crippen molar-refractivity contribution in [3.63, 3.8) is 0 Å². The number of hydrogen-bond acceptors (Lipinski definition) is 12. The Labute approximate surface area is 334 Å². The van der Waals surface area contributed by atoms with Crippen LogP contribution in [-0.2, 0) is 27.2 Å². The van der Waals surface area contributed by atoms with Crippen molar-refractivity contribution in [2.75, 3.05) is 60.2 Å². The lowest BCUT2D eigenvalue weighted by Gasteiger charge is -2.13. The van der Waals surface area contributed by atoms with Gasteiger partial charge in [0.05, 0.1) is 27.3 Å². The van der Waals surface area contributed by atoms with Gasteiger partial charge in [-0.15, -0.1) is 0 Å². The van der Waals surface area contributed by atoms with E-state index in [0.29, 0.717) is 40.2 Å². The fourth-order valence-corrected chi connectivity index (χ4v) is 4.50. The molecule has 0 aliphatic heterocycles. The maximum absolute atomic E-state index is 12.0. The molecule has 0 saturated carbocycles. The van der Waals surface area contributed by atoms with Gasteiger partial charge in [0.2, 0.25) is 0 Å². The number of rotatable bonds is 19. The number of benzene rings is 2. The molecule has 2 rings (SSSR count). The Morgan fingerprint density at radius 3 is 1.45 bits per heavy atom. The number of ketones is 4. The summed E-state index contributed by atoms with van der Waals surface area (Å²) in [6.45, 7) is 21.7. The summed E-state index contributed by atoms with van der Waals surface area (Å²) in [5, 5.41) is 17.7. The molecule has 2 aromatic rings. The SMILES string of the molecule is CC(C)(C)CC=O.CCN(CC)CC.COc1cc(C(=O)CO)ccc1CC(=O)CN=CCC(C)(C)C.COc1cc(C(=O)CO)ccc1CC(=O)CNCl. The number of carbonyl (C=O) groups is 5. The van der Waals surface area contributed by atoms with Gasteiger partial charge < -0.3 is 29.4 Å². The number of nitrogens with zero attached hydrogens (tertiary/aromatic N) is 2. The lowest BCUT2D eigenvalue weighted by molar-refractivity contribution is -0.118. The number of ether oxygens (including phenoxy) is 2. The van der Waals surface area contributed by atoms with Crippen LogP contribution in [0.4, 0.5) is 0 Å². The lowest BCUT2D eigenvalue weighted by atomic mass is 9.93. The molecule has 0 amide bonds. The highest BCUT2D eigenvalue weighted by Crippen LogP contribution is 2.23. The first-order valence-corrected chi connectivity index (χ1v) is 18.8. The van der Waals surface area contributed by atoms with Crippen LogP contribution >= 0.6 is 11.8 Å². The van der Waals surface area contributed by atoms with Crippen LogP contribution in [0.15, 0.2) is 41.4 Å². The third-order valence-electron chi connectivity index (χ3n) is 7.68. The Bertz CT molecular complexity index is 1470.